The van der Waals surface area contributed by atoms with Gasteiger partial charge in [0.25, 0.3) is 11.8 Å². The van der Waals surface area contributed by atoms with E-state index in [0.717, 1.165) is 18.7 Å². The van der Waals surface area contributed by atoms with Gasteiger partial charge in [-0.05, 0) is 24.3 Å². The third-order valence-corrected chi connectivity index (χ3v) is 6.77. The molecule has 0 saturated carbocycles. The molecule has 160 valence electrons. The number of nitrogens with zero attached hydrogens (tertiary/aromatic N) is 5. The minimum atomic E-state index is -0.132. The molecule has 8 nitrogen and oxygen atoms in total. The van der Waals surface area contributed by atoms with Crippen LogP contribution >= 0.6 is 22.9 Å². The van der Waals surface area contributed by atoms with E-state index in [-0.39, 0.29) is 11.8 Å². The lowest BCUT2D eigenvalue weighted by molar-refractivity contribution is 0.00828. The van der Waals surface area contributed by atoms with E-state index in [2.05, 4.69) is 14.9 Å². The Morgan fingerprint density at radius 1 is 1.00 bits per heavy atom. The van der Waals surface area contributed by atoms with E-state index in [1.165, 1.54) is 17.7 Å². The van der Waals surface area contributed by atoms with Crippen LogP contribution in [-0.2, 0) is 0 Å². The van der Waals surface area contributed by atoms with Crippen LogP contribution in [0, 0.1) is 0 Å². The standard InChI is InChI=1S/C21H20ClN5O3S/c22-15-3-1-14(2-4-15)18-17(24-13-30-18)20(28)27-11-16(12-27)25-6-8-26(9-7-25)21(29)19-23-5-10-31-19/h1-5,10,13,16H,6-9,11-12H2. The van der Waals surface area contributed by atoms with Gasteiger partial charge in [-0.3, -0.25) is 14.5 Å². The topological polar surface area (TPSA) is 82.8 Å². The summed E-state index contributed by atoms with van der Waals surface area (Å²) in [5.74, 6) is 0.327. The average Bonchev–Trinajstić information content (AvgIpc) is 3.45. The molecule has 2 aromatic heterocycles. The second-order valence-corrected chi connectivity index (χ2v) is 8.90. The van der Waals surface area contributed by atoms with E-state index in [1.807, 2.05) is 22.4 Å². The maximum atomic E-state index is 13.0. The zero-order valence-electron chi connectivity index (χ0n) is 16.6. The fraction of sp³-hybridized carbons (Fsp3) is 0.333. The maximum absolute atomic E-state index is 13.0. The third kappa shape index (κ3) is 3.96. The van der Waals surface area contributed by atoms with Gasteiger partial charge in [0, 0.05) is 67.5 Å². The quantitative estimate of drug-likeness (QED) is 0.599. The van der Waals surface area contributed by atoms with Crippen LogP contribution in [0.2, 0.25) is 5.02 Å². The summed E-state index contributed by atoms with van der Waals surface area (Å²) in [7, 11) is 0. The predicted molar refractivity (Wildman–Crippen MR) is 116 cm³/mol. The summed E-state index contributed by atoms with van der Waals surface area (Å²) in [6, 6.07) is 7.43. The summed E-state index contributed by atoms with van der Waals surface area (Å²) in [6.07, 6.45) is 2.95. The van der Waals surface area contributed by atoms with Crippen LogP contribution in [0.5, 0.6) is 0 Å². The lowest BCUT2D eigenvalue weighted by atomic mass is 10.0. The van der Waals surface area contributed by atoms with E-state index in [0.29, 0.717) is 53.7 Å². The van der Waals surface area contributed by atoms with Crippen LogP contribution in [0.4, 0.5) is 0 Å². The van der Waals surface area contributed by atoms with Crippen molar-refractivity contribution in [2.45, 2.75) is 6.04 Å². The number of oxazole rings is 1. The average molecular weight is 458 g/mol. The van der Waals surface area contributed by atoms with Gasteiger partial charge in [0.1, 0.15) is 0 Å². The number of carbonyl (C=O) groups is 2. The lowest BCUT2D eigenvalue weighted by Gasteiger charge is -2.47. The van der Waals surface area contributed by atoms with Crippen molar-refractivity contribution < 1.29 is 14.0 Å². The van der Waals surface area contributed by atoms with Crippen molar-refractivity contribution in [2.24, 2.45) is 0 Å². The highest BCUT2D eigenvalue weighted by atomic mass is 35.5. The molecule has 1 aromatic carbocycles. The molecule has 2 fully saturated rings. The maximum Gasteiger partial charge on any atom is 0.282 e. The Kier molecular flexibility index (Phi) is 5.47. The molecule has 0 N–H and O–H groups in total. The Bertz CT molecular complexity index is 1070. The number of aromatic nitrogens is 2. The van der Waals surface area contributed by atoms with Crippen LogP contribution in [0.15, 0.2) is 46.7 Å². The summed E-state index contributed by atoms with van der Waals surface area (Å²) < 4.78 is 5.48. The smallest absolute Gasteiger partial charge is 0.282 e. The van der Waals surface area contributed by atoms with Gasteiger partial charge in [-0.15, -0.1) is 11.3 Å². The molecule has 10 heteroatoms. The Morgan fingerprint density at radius 3 is 2.42 bits per heavy atom. The van der Waals surface area contributed by atoms with E-state index >= 15 is 0 Å². The van der Waals surface area contributed by atoms with E-state index in [9.17, 15) is 9.59 Å². The molecule has 0 atom stereocenters. The molecule has 2 amide bonds. The van der Waals surface area contributed by atoms with Gasteiger partial charge < -0.3 is 14.2 Å². The van der Waals surface area contributed by atoms with Gasteiger partial charge in [0.2, 0.25) is 0 Å². The van der Waals surface area contributed by atoms with Gasteiger partial charge >= 0.3 is 0 Å². The fourth-order valence-corrected chi connectivity index (χ4v) is 4.69. The highest BCUT2D eigenvalue weighted by Gasteiger charge is 2.38. The Hall–Kier alpha value is -2.75. The number of hydrogen-bond acceptors (Lipinski definition) is 7. The molecule has 2 aliphatic heterocycles. The van der Waals surface area contributed by atoms with Crippen molar-refractivity contribution in [3.63, 3.8) is 0 Å². The monoisotopic (exact) mass is 457 g/mol. The molecule has 0 spiro atoms. The minimum absolute atomic E-state index is 0.000764. The summed E-state index contributed by atoms with van der Waals surface area (Å²) in [5.41, 5.74) is 1.09. The van der Waals surface area contributed by atoms with Crippen molar-refractivity contribution in [1.29, 1.82) is 0 Å². The minimum Gasteiger partial charge on any atom is -0.443 e. The number of amides is 2. The summed E-state index contributed by atoms with van der Waals surface area (Å²) in [4.78, 5) is 39.6. The second kappa shape index (κ2) is 8.41. The van der Waals surface area contributed by atoms with Crippen LogP contribution in [0.1, 0.15) is 20.3 Å². The zero-order chi connectivity index (χ0) is 21.4. The summed E-state index contributed by atoms with van der Waals surface area (Å²) in [5, 5.41) is 2.98. The van der Waals surface area contributed by atoms with Gasteiger partial charge in [-0.2, -0.15) is 0 Å². The summed E-state index contributed by atoms with van der Waals surface area (Å²) in [6.45, 7) is 4.23. The molecule has 2 saturated heterocycles. The van der Waals surface area contributed by atoms with Crippen molar-refractivity contribution in [3.8, 4) is 11.3 Å². The number of thiazole rings is 1. The predicted octanol–water partition coefficient (Wildman–Crippen LogP) is 2.73. The first-order chi connectivity index (χ1) is 15.1. The number of benzene rings is 1. The van der Waals surface area contributed by atoms with Crippen molar-refractivity contribution in [1.82, 2.24) is 24.7 Å². The number of rotatable bonds is 4. The van der Waals surface area contributed by atoms with Crippen LogP contribution in [0.3, 0.4) is 0 Å². The molecule has 0 unspecified atom stereocenters. The molecule has 0 radical (unpaired) electrons. The Morgan fingerprint density at radius 2 is 1.74 bits per heavy atom. The van der Waals surface area contributed by atoms with Crippen molar-refractivity contribution >= 4 is 34.8 Å². The summed E-state index contributed by atoms with van der Waals surface area (Å²) >= 11 is 7.32. The number of carbonyl (C=O) groups excluding carboxylic acids is 2. The number of likely N-dealkylation sites (tertiary alicyclic amines) is 1. The molecule has 5 rings (SSSR count). The Balaban J connectivity index is 1.16. The molecular weight excluding hydrogens is 438 g/mol. The molecule has 3 aromatic rings. The van der Waals surface area contributed by atoms with Gasteiger partial charge in [0.15, 0.2) is 22.9 Å². The Labute approximate surface area is 188 Å². The molecule has 0 bridgehead atoms. The van der Waals surface area contributed by atoms with Crippen molar-refractivity contribution in [2.75, 3.05) is 39.3 Å². The van der Waals surface area contributed by atoms with Crippen LogP contribution in [0.25, 0.3) is 11.3 Å². The van der Waals surface area contributed by atoms with Crippen molar-refractivity contribution in [3.05, 3.63) is 58.0 Å². The molecule has 31 heavy (non-hydrogen) atoms. The van der Waals surface area contributed by atoms with Crippen LogP contribution < -0.4 is 0 Å². The number of halogens is 1. The first kappa shape index (κ1) is 20.2. The van der Waals surface area contributed by atoms with E-state index in [4.69, 9.17) is 16.0 Å². The second-order valence-electron chi connectivity index (χ2n) is 7.57. The fourth-order valence-electron chi connectivity index (χ4n) is 3.96. The lowest BCUT2D eigenvalue weighted by Crippen LogP contribution is -2.64. The first-order valence-corrected chi connectivity index (χ1v) is 11.3. The first-order valence-electron chi connectivity index (χ1n) is 10.0. The molecule has 4 heterocycles. The highest BCUT2D eigenvalue weighted by Crippen LogP contribution is 2.27. The van der Waals surface area contributed by atoms with Gasteiger partial charge in [0.05, 0.1) is 0 Å². The molecule has 2 aliphatic rings. The van der Waals surface area contributed by atoms with Gasteiger partial charge in [-0.25, -0.2) is 9.97 Å². The molecule has 0 aliphatic carbocycles. The zero-order valence-corrected chi connectivity index (χ0v) is 18.2. The largest absolute Gasteiger partial charge is 0.443 e. The SMILES string of the molecule is O=C(c1nccs1)N1CCN(C2CN(C(=O)c3ncoc3-c3ccc(Cl)cc3)C2)CC1. The van der Waals surface area contributed by atoms with E-state index in [1.54, 1.807) is 23.2 Å². The van der Waals surface area contributed by atoms with E-state index < -0.39 is 0 Å². The number of piperazine rings is 1. The van der Waals surface area contributed by atoms with Gasteiger partial charge in [-0.1, -0.05) is 11.6 Å². The number of hydrogen-bond donors (Lipinski definition) is 0. The normalized spacial score (nSPS) is 17.6. The highest BCUT2D eigenvalue weighted by molar-refractivity contribution is 7.11. The van der Waals surface area contributed by atoms with Crippen LogP contribution in [-0.4, -0.2) is 81.8 Å². The molecular formula is C21H20ClN5O3S. The third-order valence-electron chi connectivity index (χ3n) is 5.76.